The fourth-order valence-electron chi connectivity index (χ4n) is 1.58. The number of carbonyl (C=O) groups excluding carboxylic acids is 1. The lowest BCUT2D eigenvalue weighted by Crippen LogP contribution is -2.36. The van der Waals surface area contributed by atoms with E-state index < -0.39 is 11.6 Å². The summed E-state index contributed by atoms with van der Waals surface area (Å²) in [4.78, 5) is 11.7. The van der Waals surface area contributed by atoms with Crippen molar-refractivity contribution in [3.63, 3.8) is 0 Å². The summed E-state index contributed by atoms with van der Waals surface area (Å²) in [6.07, 6.45) is -0.376. The Kier molecular flexibility index (Phi) is 4.26. The van der Waals surface area contributed by atoms with Crippen LogP contribution < -0.4 is 11.1 Å². The first-order valence-electron chi connectivity index (χ1n) is 5.65. The zero-order valence-electron chi connectivity index (χ0n) is 10.5. The van der Waals surface area contributed by atoms with E-state index in [0.29, 0.717) is 11.3 Å². The van der Waals surface area contributed by atoms with E-state index in [9.17, 15) is 9.90 Å². The molecule has 17 heavy (non-hydrogen) atoms. The third-order valence-electron chi connectivity index (χ3n) is 2.30. The molecule has 0 saturated carbocycles. The molecule has 0 radical (unpaired) electrons. The van der Waals surface area contributed by atoms with Gasteiger partial charge in [-0.15, -0.1) is 0 Å². The molecule has 0 spiro atoms. The van der Waals surface area contributed by atoms with Crippen molar-refractivity contribution in [3.05, 3.63) is 29.8 Å². The summed E-state index contributed by atoms with van der Waals surface area (Å²) in [6, 6.07) is 7.19. The zero-order valence-corrected chi connectivity index (χ0v) is 10.5. The van der Waals surface area contributed by atoms with Crippen LogP contribution in [0, 0.1) is 0 Å². The Balaban J connectivity index is 2.78. The van der Waals surface area contributed by atoms with Gasteiger partial charge in [0.15, 0.2) is 0 Å². The van der Waals surface area contributed by atoms with Crippen molar-refractivity contribution in [2.75, 3.05) is 5.32 Å². The Bertz CT molecular complexity index is 395. The molecule has 0 heterocycles. The lowest BCUT2D eigenvalue weighted by molar-refractivity contribution is -0.117. The number of rotatable bonds is 4. The predicted octanol–water partition coefficient (Wildman–Crippen LogP) is 1.81. The van der Waals surface area contributed by atoms with Gasteiger partial charge in [-0.25, -0.2) is 0 Å². The largest absolute Gasteiger partial charge is 0.389 e. The van der Waals surface area contributed by atoms with Crippen LogP contribution in [0.25, 0.3) is 0 Å². The molecule has 1 rings (SSSR count). The van der Waals surface area contributed by atoms with E-state index in [1.165, 1.54) is 0 Å². The van der Waals surface area contributed by atoms with Crippen molar-refractivity contribution < 1.29 is 9.90 Å². The normalized spacial score (nSPS) is 13.2. The Hall–Kier alpha value is -1.39. The van der Waals surface area contributed by atoms with Gasteiger partial charge in [0, 0.05) is 23.2 Å². The average molecular weight is 236 g/mol. The van der Waals surface area contributed by atoms with Gasteiger partial charge in [0.1, 0.15) is 0 Å². The molecule has 0 aromatic heterocycles. The first-order chi connectivity index (χ1) is 7.79. The van der Waals surface area contributed by atoms with E-state index >= 15 is 0 Å². The Morgan fingerprint density at radius 1 is 1.47 bits per heavy atom. The minimum atomic E-state index is -0.614. The molecule has 0 aliphatic heterocycles. The SMILES string of the molecule is CC(O)c1ccccc1NC(=O)CC(C)(C)N. The van der Waals surface area contributed by atoms with Crippen molar-refractivity contribution in [3.8, 4) is 0 Å². The number of anilines is 1. The van der Waals surface area contributed by atoms with Crippen molar-refractivity contribution in [1.29, 1.82) is 0 Å². The number of aliphatic hydroxyl groups excluding tert-OH is 1. The van der Waals surface area contributed by atoms with Gasteiger partial charge in [-0.05, 0) is 26.8 Å². The molecule has 0 bridgehead atoms. The second-order valence-electron chi connectivity index (χ2n) is 4.98. The van der Waals surface area contributed by atoms with Gasteiger partial charge in [-0.2, -0.15) is 0 Å². The molecule has 1 aromatic carbocycles. The molecule has 0 saturated heterocycles. The molecule has 1 atom stereocenters. The van der Waals surface area contributed by atoms with Crippen LogP contribution in [0.1, 0.15) is 38.9 Å². The van der Waals surface area contributed by atoms with Crippen LogP contribution in [0.2, 0.25) is 0 Å². The monoisotopic (exact) mass is 236 g/mol. The third kappa shape index (κ3) is 4.54. The highest BCUT2D eigenvalue weighted by molar-refractivity contribution is 5.92. The zero-order chi connectivity index (χ0) is 13.1. The summed E-state index contributed by atoms with van der Waals surface area (Å²) < 4.78 is 0. The molecule has 1 unspecified atom stereocenters. The second kappa shape index (κ2) is 5.29. The van der Waals surface area contributed by atoms with Crippen LogP contribution in [-0.2, 0) is 4.79 Å². The van der Waals surface area contributed by atoms with Gasteiger partial charge in [-0.1, -0.05) is 18.2 Å². The number of nitrogens with two attached hydrogens (primary N) is 1. The van der Waals surface area contributed by atoms with E-state index in [4.69, 9.17) is 5.73 Å². The van der Waals surface area contributed by atoms with Gasteiger partial charge in [0.2, 0.25) is 5.91 Å². The van der Waals surface area contributed by atoms with Crippen LogP contribution in [0.4, 0.5) is 5.69 Å². The Morgan fingerprint density at radius 3 is 2.59 bits per heavy atom. The van der Waals surface area contributed by atoms with Gasteiger partial charge >= 0.3 is 0 Å². The maximum absolute atomic E-state index is 11.7. The summed E-state index contributed by atoms with van der Waals surface area (Å²) in [5, 5.41) is 12.3. The fourth-order valence-corrected chi connectivity index (χ4v) is 1.58. The van der Waals surface area contributed by atoms with Gasteiger partial charge in [0.25, 0.3) is 0 Å². The molecule has 94 valence electrons. The average Bonchev–Trinajstić information content (AvgIpc) is 2.14. The highest BCUT2D eigenvalue weighted by Crippen LogP contribution is 2.22. The second-order valence-corrected chi connectivity index (χ2v) is 4.98. The highest BCUT2D eigenvalue weighted by atomic mass is 16.3. The lowest BCUT2D eigenvalue weighted by Gasteiger charge is -2.19. The number of carbonyl (C=O) groups is 1. The molecule has 1 aromatic rings. The topological polar surface area (TPSA) is 75.3 Å². The summed E-state index contributed by atoms with van der Waals surface area (Å²) in [6.45, 7) is 5.26. The molecule has 0 aliphatic rings. The summed E-state index contributed by atoms with van der Waals surface area (Å²) in [5.74, 6) is -0.148. The number of benzene rings is 1. The van der Waals surface area contributed by atoms with Crippen LogP contribution in [-0.4, -0.2) is 16.6 Å². The maximum atomic E-state index is 11.7. The van der Waals surface area contributed by atoms with Crippen LogP contribution in [0.3, 0.4) is 0 Å². The number of para-hydroxylation sites is 1. The van der Waals surface area contributed by atoms with Crippen molar-refractivity contribution in [1.82, 2.24) is 0 Å². The van der Waals surface area contributed by atoms with Crippen LogP contribution in [0.5, 0.6) is 0 Å². The minimum absolute atomic E-state index is 0.148. The quantitative estimate of drug-likeness (QED) is 0.746. The first kappa shape index (κ1) is 13.7. The van der Waals surface area contributed by atoms with Crippen molar-refractivity contribution in [2.24, 2.45) is 5.73 Å². The molecule has 0 fully saturated rings. The summed E-state index contributed by atoms with van der Waals surface area (Å²) in [5.41, 5.74) is 6.58. The van der Waals surface area contributed by atoms with E-state index in [1.54, 1.807) is 32.9 Å². The maximum Gasteiger partial charge on any atom is 0.226 e. The molecule has 4 heteroatoms. The van der Waals surface area contributed by atoms with Crippen LogP contribution in [0.15, 0.2) is 24.3 Å². The third-order valence-corrected chi connectivity index (χ3v) is 2.30. The predicted molar refractivity (Wildman–Crippen MR) is 68.6 cm³/mol. The molecular formula is C13H20N2O2. The highest BCUT2D eigenvalue weighted by Gasteiger charge is 2.17. The summed E-state index contributed by atoms with van der Waals surface area (Å²) in [7, 11) is 0. The summed E-state index contributed by atoms with van der Waals surface area (Å²) >= 11 is 0. The fraction of sp³-hybridized carbons (Fsp3) is 0.462. The standard InChI is InChI=1S/C13H20N2O2/c1-9(16)10-6-4-5-7-11(10)15-12(17)8-13(2,3)14/h4-7,9,16H,8,14H2,1-3H3,(H,15,17). The Morgan fingerprint density at radius 2 is 2.06 bits per heavy atom. The van der Waals surface area contributed by atoms with E-state index in [-0.39, 0.29) is 12.3 Å². The molecule has 0 aliphatic carbocycles. The number of hydrogen-bond acceptors (Lipinski definition) is 3. The minimum Gasteiger partial charge on any atom is -0.389 e. The van der Waals surface area contributed by atoms with Crippen LogP contribution >= 0.6 is 0 Å². The van der Waals surface area contributed by atoms with Crippen molar-refractivity contribution >= 4 is 11.6 Å². The van der Waals surface area contributed by atoms with Gasteiger partial charge in [-0.3, -0.25) is 4.79 Å². The molecule has 4 N–H and O–H groups in total. The van der Waals surface area contributed by atoms with E-state index in [0.717, 1.165) is 0 Å². The number of amides is 1. The van der Waals surface area contributed by atoms with Crippen molar-refractivity contribution in [2.45, 2.75) is 38.8 Å². The smallest absolute Gasteiger partial charge is 0.226 e. The number of nitrogens with one attached hydrogen (secondary N) is 1. The van der Waals surface area contributed by atoms with Gasteiger partial charge in [0.05, 0.1) is 6.10 Å². The molecular weight excluding hydrogens is 216 g/mol. The number of aliphatic hydroxyl groups is 1. The lowest BCUT2D eigenvalue weighted by atomic mass is 10.0. The molecule has 4 nitrogen and oxygen atoms in total. The van der Waals surface area contributed by atoms with E-state index in [1.807, 2.05) is 12.1 Å². The Labute approximate surface area is 102 Å². The van der Waals surface area contributed by atoms with E-state index in [2.05, 4.69) is 5.32 Å². The van der Waals surface area contributed by atoms with Gasteiger partial charge < -0.3 is 16.2 Å². The first-order valence-corrected chi connectivity index (χ1v) is 5.65. The number of hydrogen-bond donors (Lipinski definition) is 3. The molecule has 1 amide bonds.